The van der Waals surface area contributed by atoms with Crippen LogP contribution in [0, 0.1) is 0 Å². The largest absolute Gasteiger partial charge is 0.361 e. The number of aromatic amines is 1. The second-order valence-electron chi connectivity index (χ2n) is 7.90. The van der Waals surface area contributed by atoms with E-state index in [4.69, 9.17) is 5.73 Å². The third-order valence-corrected chi connectivity index (χ3v) is 5.23. The summed E-state index contributed by atoms with van der Waals surface area (Å²) in [6.45, 7) is 6.46. The van der Waals surface area contributed by atoms with E-state index in [0.29, 0.717) is 26.1 Å². The lowest BCUT2D eigenvalue weighted by molar-refractivity contribution is -0.120. The first-order chi connectivity index (χ1) is 15.2. The highest BCUT2D eigenvalue weighted by Gasteiger charge is 2.08. The molecule has 1 heterocycles. The van der Waals surface area contributed by atoms with E-state index in [9.17, 15) is 10.0 Å². The van der Waals surface area contributed by atoms with E-state index in [2.05, 4.69) is 20.9 Å². The number of para-hydroxylation sites is 1. The van der Waals surface area contributed by atoms with Crippen LogP contribution in [0.5, 0.6) is 0 Å². The highest BCUT2D eigenvalue weighted by Crippen LogP contribution is 2.17. The van der Waals surface area contributed by atoms with Gasteiger partial charge in [-0.15, -0.1) is 0 Å². The Labute approximate surface area is 185 Å². The van der Waals surface area contributed by atoms with Crippen LogP contribution in [-0.4, -0.2) is 73.5 Å². The molecule has 0 spiro atoms. The van der Waals surface area contributed by atoms with Gasteiger partial charge in [0.25, 0.3) is 0 Å². The van der Waals surface area contributed by atoms with Crippen LogP contribution in [-0.2, 0) is 11.2 Å². The normalized spacial score (nSPS) is 11.5. The van der Waals surface area contributed by atoms with Crippen molar-refractivity contribution in [1.82, 2.24) is 26.0 Å². The Bertz CT molecular complexity index is 736. The van der Waals surface area contributed by atoms with Crippen LogP contribution in [0.1, 0.15) is 37.7 Å². The van der Waals surface area contributed by atoms with Crippen molar-refractivity contribution < 1.29 is 10.0 Å². The molecule has 0 atom stereocenters. The predicted octanol–water partition coefficient (Wildman–Crippen LogP) is 1.61. The van der Waals surface area contributed by atoms with E-state index in [1.807, 2.05) is 30.5 Å². The number of unbranched alkanes of at least 4 members (excludes halogenated alkanes) is 1. The second kappa shape index (κ2) is 15.8. The summed E-state index contributed by atoms with van der Waals surface area (Å²) in [5, 5.41) is 22.1. The molecule has 1 amide bonds. The first-order valence-corrected chi connectivity index (χ1v) is 11.6. The highest BCUT2D eigenvalue weighted by molar-refractivity contribution is 5.88. The van der Waals surface area contributed by atoms with Crippen molar-refractivity contribution in [1.29, 1.82) is 0 Å². The maximum atomic E-state index is 12.2. The molecule has 8 heteroatoms. The zero-order valence-electron chi connectivity index (χ0n) is 18.7. The molecule has 0 radical (unpaired) electrons. The number of hydrogen-bond acceptors (Lipinski definition) is 6. The number of fused-ring (bicyclic) bond motifs is 1. The van der Waals surface area contributed by atoms with E-state index in [1.54, 1.807) is 0 Å². The van der Waals surface area contributed by atoms with Gasteiger partial charge < -0.3 is 31.9 Å². The number of carbonyl (C=O) groups excluding carboxylic acids is 1. The summed E-state index contributed by atoms with van der Waals surface area (Å²) in [5.41, 5.74) is 7.51. The van der Waals surface area contributed by atoms with Gasteiger partial charge in [0.1, 0.15) is 0 Å². The van der Waals surface area contributed by atoms with Crippen LogP contribution in [0.2, 0.25) is 0 Å². The Morgan fingerprint density at radius 3 is 2.32 bits per heavy atom. The molecule has 31 heavy (non-hydrogen) atoms. The average Bonchev–Trinajstić information content (AvgIpc) is 3.18. The molecule has 2 rings (SSSR count). The van der Waals surface area contributed by atoms with E-state index in [-0.39, 0.29) is 5.91 Å². The maximum Gasteiger partial charge on any atom is 0.224 e. The lowest BCUT2D eigenvalue weighted by atomic mass is 10.1. The molecule has 0 fully saturated rings. The van der Waals surface area contributed by atoms with Crippen molar-refractivity contribution in [2.75, 3.05) is 52.4 Å². The third-order valence-electron chi connectivity index (χ3n) is 5.23. The van der Waals surface area contributed by atoms with E-state index >= 15 is 0 Å². The fraction of sp³-hybridized carbons (Fsp3) is 0.609. The molecule has 1 aromatic heterocycles. The third kappa shape index (κ3) is 10.8. The second-order valence-corrected chi connectivity index (χ2v) is 7.90. The molecule has 8 nitrogen and oxygen atoms in total. The summed E-state index contributed by atoms with van der Waals surface area (Å²) >= 11 is 0. The van der Waals surface area contributed by atoms with Gasteiger partial charge in [-0.2, -0.15) is 5.06 Å². The minimum atomic E-state index is 0.00743. The summed E-state index contributed by atoms with van der Waals surface area (Å²) in [6, 6.07) is 7.98. The van der Waals surface area contributed by atoms with Crippen molar-refractivity contribution in [2.24, 2.45) is 5.73 Å². The fourth-order valence-electron chi connectivity index (χ4n) is 3.48. The number of benzene rings is 1. The van der Waals surface area contributed by atoms with Gasteiger partial charge in [0.2, 0.25) is 5.91 Å². The number of amides is 1. The van der Waals surface area contributed by atoms with Crippen molar-refractivity contribution in [3.63, 3.8) is 0 Å². The van der Waals surface area contributed by atoms with Crippen molar-refractivity contribution in [3.05, 3.63) is 36.0 Å². The van der Waals surface area contributed by atoms with Gasteiger partial charge in [-0.3, -0.25) is 4.79 Å². The molecule has 0 bridgehead atoms. The molecule has 0 unspecified atom stereocenters. The van der Waals surface area contributed by atoms with Crippen molar-refractivity contribution in [3.8, 4) is 0 Å². The first-order valence-electron chi connectivity index (χ1n) is 11.6. The number of hydroxylamine groups is 2. The van der Waals surface area contributed by atoms with Gasteiger partial charge in [-0.25, -0.2) is 0 Å². The first kappa shape index (κ1) is 25.3. The highest BCUT2D eigenvalue weighted by atomic mass is 16.5. The zero-order chi connectivity index (χ0) is 22.2. The van der Waals surface area contributed by atoms with Crippen LogP contribution < -0.4 is 21.7 Å². The average molecular weight is 433 g/mol. The fourth-order valence-corrected chi connectivity index (χ4v) is 3.48. The van der Waals surface area contributed by atoms with Gasteiger partial charge in [0, 0.05) is 36.7 Å². The van der Waals surface area contributed by atoms with Crippen LogP contribution in [0.3, 0.4) is 0 Å². The van der Waals surface area contributed by atoms with Crippen LogP contribution >= 0.6 is 0 Å². The van der Waals surface area contributed by atoms with Gasteiger partial charge in [0.05, 0.1) is 6.42 Å². The molecular weight excluding hydrogens is 392 g/mol. The molecule has 2 aromatic rings. The van der Waals surface area contributed by atoms with Crippen molar-refractivity contribution >= 4 is 16.8 Å². The molecule has 0 saturated carbocycles. The quantitative estimate of drug-likeness (QED) is 0.157. The molecule has 0 aliphatic heterocycles. The van der Waals surface area contributed by atoms with Gasteiger partial charge in [-0.1, -0.05) is 18.2 Å². The lowest BCUT2D eigenvalue weighted by Crippen LogP contribution is -2.30. The predicted molar refractivity (Wildman–Crippen MR) is 126 cm³/mol. The smallest absolute Gasteiger partial charge is 0.224 e. The summed E-state index contributed by atoms with van der Waals surface area (Å²) in [4.78, 5) is 15.4. The Balaban J connectivity index is 1.41. The van der Waals surface area contributed by atoms with Crippen LogP contribution in [0.25, 0.3) is 10.9 Å². The number of nitrogens with two attached hydrogens (primary N) is 1. The molecule has 7 N–H and O–H groups in total. The molecule has 1 aromatic carbocycles. The van der Waals surface area contributed by atoms with E-state index in [0.717, 1.165) is 81.3 Å². The van der Waals surface area contributed by atoms with E-state index < -0.39 is 0 Å². The minimum absolute atomic E-state index is 0.00743. The number of hydrogen-bond donors (Lipinski definition) is 6. The minimum Gasteiger partial charge on any atom is -0.361 e. The summed E-state index contributed by atoms with van der Waals surface area (Å²) in [7, 11) is 0. The molecule has 0 aliphatic carbocycles. The van der Waals surface area contributed by atoms with Crippen molar-refractivity contribution in [2.45, 2.75) is 38.5 Å². The summed E-state index contributed by atoms with van der Waals surface area (Å²) < 4.78 is 0. The molecule has 0 saturated heterocycles. The van der Waals surface area contributed by atoms with E-state index in [1.165, 1.54) is 5.06 Å². The number of nitrogens with one attached hydrogen (secondary N) is 4. The summed E-state index contributed by atoms with van der Waals surface area (Å²) in [5.74, 6) is 0.00743. The Hall–Kier alpha value is -1.97. The number of aromatic nitrogens is 1. The van der Waals surface area contributed by atoms with Gasteiger partial charge >= 0.3 is 0 Å². The van der Waals surface area contributed by atoms with Gasteiger partial charge in [-0.05, 0) is 76.5 Å². The zero-order valence-corrected chi connectivity index (χ0v) is 18.7. The van der Waals surface area contributed by atoms with Crippen LogP contribution in [0.4, 0.5) is 0 Å². The SMILES string of the molecule is NCCCNCCCCNCCCN(O)CCCNC(=O)Cc1c[nH]c2ccccc12. The Morgan fingerprint density at radius 2 is 1.58 bits per heavy atom. The number of nitrogens with zero attached hydrogens (tertiary/aromatic N) is 1. The maximum absolute atomic E-state index is 12.2. The topological polar surface area (TPSA) is 118 Å². The standard InChI is InChI=1S/C23H40N6O2/c24-10-5-13-25-11-3-4-12-26-14-6-16-29(31)17-7-15-27-23(30)18-20-19-28-22-9-2-1-8-21(20)22/h1-2,8-9,19,25-26,28,31H,3-7,10-18,24H2,(H,27,30). The molecular formula is C23H40N6O2. The monoisotopic (exact) mass is 432 g/mol. The molecule has 0 aliphatic rings. The number of carbonyl (C=O) groups is 1. The number of rotatable bonds is 18. The Kier molecular flexibility index (Phi) is 12.9. The lowest BCUT2D eigenvalue weighted by Gasteiger charge is -2.15. The van der Waals surface area contributed by atoms with Crippen LogP contribution in [0.15, 0.2) is 30.5 Å². The molecule has 174 valence electrons. The number of H-pyrrole nitrogens is 1. The summed E-state index contributed by atoms with van der Waals surface area (Å²) in [6.07, 6.45) is 7.23. The Morgan fingerprint density at radius 1 is 0.935 bits per heavy atom. The van der Waals surface area contributed by atoms with Gasteiger partial charge in [0.15, 0.2) is 0 Å².